The van der Waals surface area contributed by atoms with Gasteiger partial charge in [0.1, 0.15) is 11.8 Å². The number of aromatic nitrogens is 1. The first-order chi connectivity index (χ1) is 14.5. The van der Waals surface area contributed by atoms with Crippen molar-refractivity contribution in [2.75, 3.05) is 5.32 Å². The first kappa shape index (κ1) is 22.3. The van der Waals surface area contributed by atoms with Gasteiger partial charge >= 0.3 is 12.3 Å². The topological polar surface area (TPSA) is 110 Å². The summed E-state index contributed by atoms with van der Waals surface area (Å²) in [6, 6.07) is 6.28. The normalized spacial score (nSPS) is 18.7. The Bertz CT molecular complexity index is 981. The van der Waals surface area contributed by atoms with Gasteiger partial charge in [0, 0.05) is 11.6 Å². The second-order valence-corrected chi connectivity index (χ2v) is 7.03. The summed E-state index contributed by atoms with van der Waals surface area (Å²) in [6.45, 7) is 2.48. The maximum Gasteiger partial charge on any atom is 0.421 e. The molecule has 2 atom stereocenters. The second-order valence-electron chi connectivity index (χ2n) is 7.03. The number of fused-ring (bicyclic) bond motifs is 1. The van der Waals surface area contributed by atoms with E-state index >= 15 is 0 Å². The Morgan fingerprint density at radius 2 is 2.06 bits per heavy atom. The van der Waals surface area contributed by atoms with E-state index in [0.29, 0.717) is 11.3 Å². The third-order valence-electron chi connectivity index (χ3n) is 4.90. The molecular formula is C20H20F3N3O5. The van der Waals surface area contributed by atoms with Crippen LogP contribution in [-0.4, -0.2) is 34.3 Å². The van der Waals surface area contributed by atoms with Gasteiger partial charge in [-0.05, 0) is 37.1 Å². The molecule has 0 radical (unpaired) electrons. The van der Waals surface area contributed by atoms with Crippen LogP contribution in [0.1, 0.15) is 31.4 Å². The average Bonchev–Trinajstić information content (AvgIpc) is 3.05. The molecule has 31 heavy (non-hydrogen) atoms. The lowest BCUT2D eigenvalue weighted by Crippen LogP contribution is -2.42. The number of rotatable bonds is 6. The van der Waals surface area contributed by atoms with Crippen LogP contribution in [0.4, 0.5) is 23.7 Å². The van der Waals surface area contributed by atoms with E-state index in [4.69, 9.17) is 14.6 Å². The number of halogens is 3. The Labute approximate surface area is 175 Å². The van der Waals surface area contributed by atoms with E-state index in [1.165, 1.54) is 36.5 Å². The van der Waals surface area contributed by atoms with Gasteiger partial charge in [0.15, 0.2) is 5.60 Å². The fraction of sp³-hybridized carbons (Fsp3) is 0.350. The molecule has 11 heteroatoms. The summed E-state index contributed by atoms with van der Waals surface area (Å²) in [7, 11) is 0. The van der Waals surface area contributed by atoms with Gasteiger partial charge in [-0.25, -0.2) is 9.78 Å². The molecule has 0 fully saturated rings. The highest BCUT2D eigenvalue weighted by molar-refractivity contribution is 5.96. The molecule has 166 valence electrons. The van der Waals surface area contributed by atoms with E-state index in [0.717, 1.165) is 6.92 Å². The number of pyridine rings is 1. The van der Waals surface area contributed by atoms with Crippen molar-refractivity contribution in [3.63, 3.8) is 0 Å². The van der Waals surface area contributed by atoms with Crippen LogP contribution in [0.15, 0.2) is 36.5 Å². The maximum atomic E-state index is 13.4. The van der Waals surface area contributed by atoms with Gasteiger partial charge in [0.25, 0.3) is 0 Å². The van der Waals surface area contributed by atoms with Crippen LogP contribution in [0.25, 0.3) is 0 Å². The predicted octanol–water partition coefficient (Wildman–Crippen LogP) is 4.17. The highest BCUT2D eigenvalue weighted by Gasteiger charge is 2.57. The van der Waals surface area contributed by atoms with Crippen molar-refractivity contribution in [2.45, 2.75) is 44.7 Å². The van der Waals surface area contributed by atoms with Crippen LogP contribution >= 0.6 is 0 Å². The molecule has 2 aromatic rings. The Hall–Kier alpha value is -3.34. The number of nitrogens with one attached hydrogen (secondary N) is 2. The quantitative estimate of drug-likeness (QED) is 0.623. The first-order valence-corrected chi connectivity index (χ1v) is 9.32. The van der Waals surface area contributed by atoms with Gasteiger partial charge < -0.3 is 25.2 Å². The number of amides is 2. The van der Waals surface area contributed by atoms with E-state index < -0.39 is 29.8 Å². The fourth-order valence-corrected chi connectivity index (χ4v) is 3.09. The summed E-state index contributed by atoms with van der Waals surface area (Å²) in [5.74, 6) is -0.299. The third-order valence-corrected chi connectivity index (χ3v) is 4.90. The smallest absolute Gasteiger partial charge is 0.421 e. The minimum Gasteiger partial charge on any atom is -0.465 e. The minimum atomic E-state index is -4.58. The zero-order valence-corrected chi connectivity index (χ0v) is 16.6. The standard InChI is InChI=1S/C20H20F3N3O5/c1-3-15(26-18(28)29)17(27)25-12-5-7-16(24-9-12)31-13-6-4-11-10-30-19(2,14(11)8-13)20(21,22)23/h4-9,15,26H,3,10H2,1-2H3,(H,25,27)(H,28,29)/t15-,19?/m1/s1. The second kappa shape index (κ2) is 8.42. The largest absolute Gasteiger partial charge is 0.465 e. The van der Waals surface area contributed by atoms with Crippen molar-refractivity contribution in [1.82, 2.24) is 10.3 Å². The van der Waals surface area contributed by atoms with E-state index in [-0.39, 0.29) is 30.2 Å². The van der Waals surface area contributed by atoms with Crippen molar-refractivity contribution in [2.24, 2.45) is 0 Å². The monoisotopic (exact) mass is 439 g/mol. The molecule has 1 aromatic heterocycles. The summed E-state index contributed by atoms with van der Waals surface area (Å²) in [5, 5.41) is 13.4. The van der Waals surface area contributed by atoms with E-state index in [1.807, 2.05) is 0 Å². The number of benzene rings is 1. The summed E-state index contributed by atoms with van der Waals surface area (Å²) < 4.78 is 50.9. The summed E-state index contributed by atoms with van der Waals surface area (Å²) in [5.41, 5.74) is -1.70. The molecule has 1 aliphatic rings. The van der Waals surface area contributed by atoms with Crippen LogP contribution in [0.2, 0.25) is 0 Å². The molecule has 8 nitrogen and oxygen atoms in total. The molecule has 0 saturated carbocycles. The number of carboxylic acid groups (broad SMARTS) is 1. The van der Waals surface area contributed by atoms with Gasteiger partial charge in [0.2, 0.25) is 11.8 Å². The van der Waals surface area contributed by atoms with Crippen LogP contribution in [-0.2, 0) is 21.7 Å². The highest BCUT2D eigenvalue weighted by Crippen LogP contribution is 2.48. The molecule has 0 bridgehead atoms. The molecule has 1 aromatic carbocycles. The van der Waals surface area contributed by atoms with Crippen molar-refractivity contribution in [1.29, 1.82) is 0 Å². The van der Waals surface area contributed by atoms with Gasteiger partial charge in [-0.3, -0.25) is 4.79 Å². The number of carbonyl (C=O) groups is 2. The van der Waals surface area contributed by atoms with Crippen LogP contribution in [0, 0.1) is 0 Å². The van der Waals surface area contributed by atoms with E-state index in [9.17, 15) is 22.8 Å². The Kier molecular flexibility index (Phi) is 6.07. The molecule has 3 rings (SSSR count). The van der Waals surface area contributed by atoms with Gasteiger partial charge in [0.05, 0.1) is 18.5 Å². The maximum absolute atomic E-state index is 13.4. The number of hydrogen-bond donors (Lipinski definition) is 3. The van der Waals surface area contributed by atoms with Crippen molar-refractivity contribution >= 4 is 17.7 Å². The third kappa shape index (κ3) is 4.71. The van der Waals surface area contributed by atoms with Crippen LogP contribution in [0.5, 0.6) is 11.6 Å². The predicted molar refractivity (Wildman–Crippen MR) is 103 cm³/mol. The highest BCUT2D eigenvalue weighted by atomic mass is 19.4. The minimum absolute atomic E-state index is 0.0158. The molecule has 3 N–H and O–H groups in total. The molecule has 0 saturated heterocycles. The van der Waals surface area contributed by atoms with Crippen molar-refractivity contribution in [3.8, 4) is 11.6 Å². The van der Waals surface area contributed by atoms with Gasteiger partial charge in [-0.1, -0.05) is 13.0 Å². The summed E-state index contributed by atoms with van der Waals surface area (Å²) in [6.07, 6.45) is -4.35. The molecular weight excluding hydrogens is 419 g/mol. The van der Waals surface area contributed by atoms with Crippen LogP contribution in [0.3, 0.4) is 0 Å². The number of nitrogens with zero attached hydrogens (tertiary/aromatic N) is 1. The van der Waals surface area contributed by atoms with E-state index in [1.54, 1.807) is 6.92 Å². The fourth-order valence-electron chi connectivity index (χ4n) is 3.09. The average molecular weight is 439 g/mol. The van der Waals surface area contributed by atoms with Crippen molar-refractivity contribution in [3.05, 3.63) is 47.7 Å². The molecule has 1 aliphatic heterocycles. The lowest BCUT2D eigenvalue weighted by atomic mass is 9.93. The van der Waals surface area contributed by atoms with E-state index in [2.05, 4.69) is 15.6 Å². The molecule has 1 unspecified atom stereocenters. The molecule has 0 aliphatic carbocycles. The number of anilines is 1. The number of alkyl halides is 3. The number of hydrogen-bond acceptors (Lipinski definition) is 5. The lowest BCUT2D eigenvalue weighted by Gasteiger charge is -2.27. The number of carbonyl (C=O) groups excluding carboxylic acids is 1. The van der Waals surface area contributed by atoms with Crippen LogP contribution < -0.4 is 15.4 Å². The number of ether oxygens (including phenoxy) is 2. The Morgan fingerprint density at radius 3 is 2.65 bits per heavy atom. The summed E-state index contributed by atoms with van der Waals surface area (Å²) in [4.78, 5) is 26.8. The molecule has 2 heterocycles. The Balaban J connectivity index is 1.71. The molecule has 2 amide bonds. The van der Waals surface area contributed by atoms with Gasteiger partial charge in [-0.2, -0.15) is 13.2 Å². The van der Waals surface area contributed by atoms with Gasteiger partial charge in [-0.15, -0.1) is 0 Å². The molecule has 0 spiro atoms. The SMILES string of the molecule is CC[C@@H](NC(=O)O)C(=O)Nc1ccc(Oc2ccc3c(c2)C(C)(C(F)(F)F)OC3)nc1. The zero-order valence-electron chi connectivity index (χ0n) is 16.6. The van der Waals surface area contributed by atoms with Crippen molar-refractivity contribution < 1.29 is 37.3 Å². The lowest BCUT2D eigenvalue weighted by molar-refractivity contribution is -0.272. The first-order valence-electron chi connectivity index (χ1n) is 9.32. The zero-order chi connectivity index (χ0) is 22.8. The summed E-state index contributed by atoms with van der Waals surface area (Å²) >= 11 is 0. The Morgan fingerprint density at radius 1 is 1.32 bits per heavy atom.